The molecule has 2 aromatic rings. The van der Waals surface area contributed by atoms with Crippen molar-refractivity contribution in [1.82, 2.24) is 14.7 Å². The second-order valence-electron chi connectivity index (χ2n) is 10.7. The molecule has 2 saturated heterocycles. The number of fused-ring (bicyclic) bond motifs is 1. The standard InChI is InChI=1S/C29H35Br2N5O4/c30-23-6-5-19(17-24(23)31)18-26(27(37)34-12-8-21(32)9-13-34)40-29(39)35-14-10-22(11-15-35)36-16-7-20-3-1-2-4-25(20)33-28(36)38/h1-6,17,21-22,26H,7-16,18,32H2,(H,33,38)/t26-/m1/s1. The summed E-state index contributed by atoms with van der Waals surface area (Å²) in [6.07, 6.45) is 2.43. The van der Waals surface area contributed by atoms with Crippen LogP contribution in [0.15, 0.2) is 51.4 Å². The molecule has 5 rings (SSSR count). The molecular formula is C29H35Br2N5O4. The van der Waals surface area contributed by atoms with Crippen molar-refractivity contribution in [2.24, 2.45) is 5.73 Å². The number of urea groups is 1. The summed E-state index contributed by atoms with van der Waals surface area (Å²) in [7, 11) is 0. The van der Waals surface area contributed by atoms with E-state index in [0.29, 0.717) is 45.6 Å². The lowest BCUT2D eigenvalue weighted by molar-refractivity contribution is -0.142. The Morgan fingerprint density at radius 1 is 0.950 bits per heavy atom. The molecule has 1 atom stereocenters. The highest BCUT2D eigenvalue weighted by Gasteiger charge is 2.35. The van der Waals surface area contributed by atoms with Crippen molar-refractivity contribution in [2.45, 2.75) is 56.7 Å². The van der Waals surface area contributed by atoms with Crippen LogP contribution in [0.5, 0.6) is 0 Å². The normalized spacial score (nSPS) is 19.5. The van der Waals surface area contributed by atoms with Gasteiger partial charge in [0.05, 0.1) is 0 Å². The van der Waals surface area contributed by atoms with Crippen molar-refractivity contribution in [3.63, 3.8) is 0 Å². The zero-order valence-corrected chi connectivity index (χ0v) is 25.5. The van der Waals surface area contributed by atoms with E-state index < -0.39 is 12.2 Å². The summed E-state index contributed by atoms with van der Waals surface area (Å²) < 4.78 is 7.69. The maximum atomic E-state index is 13.5. The van der Waals surface area contributed by atoms with Gasteiger partial charge in [0.25, 0.3) is 5.91 Å². The fourth-order valence-corrected chi connectivity index (χ4v) is 6.35. The van der Waals surface area contributed by atoms with Gasteiger partial charge in [-0.1, -0.05) is 24.3 Å². The predicted molar refractivity (Wildman–Crippen MR) is 160 cm³/mol. The lowest BCUT2D eigenvalue weighted by atomic mass is 10.0. The smallest absolute Gasteiger partial charge is 0.410 e. The van der Waals surface area contributed by atoms with Crippen molar-refractivity contribution in [2.75, 3.05) is 38.0 Å². The first kappa shape index (κ1) is 28.9. The van der Waals surface area contributed by atoms with Crippen LogP contribution in [0.2, 0.25) is 0 Å². The number of hydrogen-bond donors (Lipinski definition) is 2. The van der Waals surface area contributed by atoms with E-state index >= 15 is 0 Å². The summed E-state index contributed by atoms with van der Waals surface area (Å²) in [6.45, 7) is 2.68. The van der Waals surface area contributed by atoms with Crippen LogP contribution >= 0.6 is 31.9 Å². The van der Waals surface area contributed by atoms with Gasteiger partial charge in [-0.05, 0) is 93.3 Å². The number of anilines is 1. The molecule has 2 fully saturated rings. The van der Waals surface area contributed by atoms with Gasteiger partial charge in [0.1, 0.15) is 0 Å². The first-order valence-electron chi connectivity index (χ1n) is 13.9. The molecule has 0 radical (unpaired) electrons. The Hall–Kier alpha value is -2.63. The van der Waals surface area contributed by atoms with Crippen LogP contribution in [-0.4, -0.2) is 83.6 Å². The maximum Gasteiger partial charge on any atom is 0.410 e. The molecule has 0 saturated carbocycles. The molecule has 0 bridgehead atoms. The Morgan fingerprint density at radius 2 is 1.65 bits per heavy atom. The summed E-state index contributed by atoms with van der Waals surface area (Å²) in [4.78, 5) is 45.1. The van der Waals surface area contributed by atoms with Crippen LogP contribution in [-0.2, 0) is 22.4 Å². The Labute approximate surface area is 251 Å². The van der Waals surface area contributed by atoms with Gasteiger partial charge in [0, 0.05) is 65.9 Å². The molecule has 2 aromatic carbocycles. The van der Waals surface area contributed by atoms with Crippen molar-refractivity contribution < 1.29 is 19.1 Å². The minimum atomic E-state index is -0.928. The van der Waals surface area contributed by atoms with Crippen LogP contribution in [0.4, 0.5) is 15.3 Å². The van der Waals surface area contributed by atoms with E-state index in [0.717, 1.165) is 45.0 Å². The van der Waals surface area contributed by atoms with E-state index in [4.69, 9.17) is 10.5 Å². The van der Waals surface area contributed by atoms with Gasteiger partial charge in [0.2, 0.25) is 0 Å². The molecule has 3 N–H and O–H groups in total. The molecule has 214 valence electrons. The van der Waals surface area contributed by atoms with E-state index in [1.807, 2.05) is 47.4 Å². The molecule has 11 heteroatoms. The molecule has 0 aliphatic carbocycles. The molecule has 3 heterocycles. The molecule has 0 aromatic heterocycles. The van der Waals surface area contributed by atoms with Crippen molar-refractivity contribution >= 4 is 55.6 Å². The summed E-state index contributed by atoms with van der Waals surface area (Å²) in [5.41, 5.74) is 8.92. The summed E-state index contributed by atoms with van der Waals surface area (Å²) in [5, 5.41) is 3.03. The minimum absolute atomic E-state index is 0.0356. The molecule has 3 aliphatic heterocycles. The van der Waals surface area contributed by atoms with Crippen LogP contribution in [0.25, 0.3) is 0 Å². The number of carbonyl (C=O) groups is 3. The second kappa shape index (κ2) is 12.9. The molecule has 0 unspecified atom stereocenters. The monoisotopic (exact) mass is 675 g/mol. The van der Waals surface area contributed by atoms with Gasteiger partial charge < -0.3 is 30.5 Å². The molecular weight excluding hydrogens is 642 g/mol. The average molecular weight is 677 g/mol. The third kappa shape index (κ3) is 6.80. The van der Waals surface area contributed by atoms with E-state index in [-0.39, 0.29) is 30.4 Å². The lowest BCUT2D eigenvalue weighted by Crippen LogP contribution is -2.52. The lowest BCUT2D eigenvalue weighted by Gasteiger charge is -2.38. The quantitative estimate of drug-likeness (QED) is 0.475. The van der Waals surface area contributed by atoms with Crippen LogP contribution in [0, 0.1) is 0 Å². The number of para-hydroxylation sites is 1. The van der Waals surface area contributed by atoms with Gasteiger partial charge in [-0.25, -0.2) is 9.59 Å². The topological polar surface area (TPSA) is 108 Å². The Balaban J connectivity index is 1.21. The number of carbonyl (C=O) groups excluding carboxylic acids is 3. The third-order valence-electron chi connectivity index (χ3n) is 8.08. The number of ether oxygens (including phenoxy) is 1. The number of rotatable bonds is 5. The number of halogens is 2. The Morgan fingerprint density at radius 3 is 2.38 bits per heavy atom. The minimum Gasteiger partial charge on any atom is -0.436 e. The van der Waals surface area contributed by atoms with Crippen molar-refractivity contribution in [3.05, 3.63) is 62.5 Å². The number of nitrogens with zero attached hydrogens (tertiary/aromatic N) is 3. The third-order valence-corrected chi connectivity index (χ3v) is 9.96. The maximum absolute atomic E-state index is 13.5. The van der Waals surface area contributed by atoms with E-state index in [2.05, 4.69) is 37.2 Å². The highest BCUT2D eigenvalue weighted by atomic mass is 79.9. The number of likely N-dealkylation sites (tertiary alicyclic amines) is 2. The average Bonchev–Trinajstić information content (AvgIpc) is 3.12. The second-order valence-corrected chi connectivity index (χ2v) is 12.4. The van der Waals surface area contributed by atoms with Crippen LogP contribution < -0.4 is 11.1 Å². The zero-order chi connectivity index (χ0) is 28.2. The fourth-order valence-electron chi connectivity index (χ4n) is 5.68. The van der Waals surface area contributed by atoms with E-state index in [1.54, 1.807) is 9.80 Å². The molecule has 40 heavy (non-hydrogen) atoms. The predicted octanol–water partition coefficient (Wildman–Crippen LogP) is 4.76. The molecule has 4 amide bonds. The summed E-state index contributed by atoms with van der Waals surface area (Å²) >= 11 is 7.00. The Bertz CT molecular complexity index is 1240. The van der Waals surface area contributed by atoms with Gasteiger partial charge in [0.15, 0.2) is 6.10 Å². The van der Waals surface area contributed by atoms with Crippen LogP contribution in [0.1, 0.15) is 36.8 Å². The van der Waals surface area contributed by atoms with Gasteiger partial charge >= 0.3 is 12.1 Å². The number of amides is 4. The number of hydrogen-bond acceptors (Lipinski definition) is 5. The zero-order valence-electron chi connectivity index (χ0n) is 22.4. The van der Waals surface area contributed by atoms with Gasteiger partial charge in [-0.3, -0.25) is 4.79 Å². The van der Waals surface area contributed by atoms with E-state index in [9.17, 15) is 14.4 Å². The number of piperidine rings is 2. The molecule has 9 nitrogen and oxygen atoms in total. The van der Waals surface area contributed by atoms with E-state index in [1.165, 1.54) is 0 Å². The molecule has 0 spiro atoms. The van der Waals surface area contributed by atoms with Crippen molar-refractivity contribution in [3.8, 4) is 0 Å². The highest BCUT2D eigenvalue weighted by Crippen LogP contribution is 2.27. The first-order valence-corrected chi connectivity index (χ1v) is 15.5. The number of nitrogens with one attached hydrogen (secondary N) is 1. The first-order chi connectivity index (χ1) is 19.3. The largest absolute Gasteiger partial charge is 0.436 e. The SMILES string of the molecule is NC1CCN(C(=O)[C@@H](Cc2ccc(Br)c(Br)c2)OC(=O)N2CCC(N3CCc4ccccc4NC3=O)CC2)CC1. The van der Waals surface area contributed by atoms with Crippen molar-refractivity contribution in [1.29, 1.82) is 0 Å². The van der Waals surface area contributed by atoms with Gasteiger partial charge in [-0.15, -0.1) is 0 Å². The fraction of sp³-hybridized carbons (Fsp3) is 0.483. The highest BCUT2D eigenvalue weighted by molar-refractivity contribution is 9.13. The number of nitrogens with two attached hydrogens (primary N) is 1. The number of benzene rings is 2. The van der Waals surface area contributed by atoms with Crippen LogP contribution in [0.3, 0.4) is 0 Å². The summed E-state index contributed by atoms with van der Waals surface area (Å²) in [5.74, 6) is -0.185. The molecule has 3 aliphatic rings. The Kier molecular flexibility index (Phi) is 9.32. The van der Waals surface area contributed by atoms with Gasteiger partial charge in [-0.2, -0.15) is 0 Å². The summed E-state index contributed by atoms with van der Waals surface area (Å²) in [6, 6.07) is 13.7.